The first kappa shape index (κ1) is 15.6. The largest absolute Gasteiger partial charge is 0.401 e. The Morgan fingerprint density at radius 1 is 0.650 bits per heavy atom. The zero-order valence-electron chi connectivity index (χ0n) is 10.8. The first-order chi connectivity index (χ1) is 9.07. The van der Waals surface area contributed by atoms with Gasteiger partial charge in [0.05, 0.1) is 0 Å². The third-order valence-electron chi connectivity index (χ3n) is 4.87. The molecule has 0 unspecified atom stereocenters. The topological polar surface area (TPSA) is 17.1 Å². The molecule has 0 aromatic heterocycles. The zero-order valence-corrected chi connectivity index (χ0v) is 10.8. The number of carbonyl (C=O) groups is 1. The van der Waals surface area contributed by atoms with E-state index in [0.29, 0.717) is 0 Å². The van der Waals surface area contributed by atoms with Crippen LogP contribution in [0.1, 0.15) is 51.4 Å². The number of Topliss-reactive ketones (excluding diaryl/α,β-unsaturated/α-hetero) is 1. The maximum absolute atomic E-state index is 13.3. The van der Waals surface area contributed by atoms with Gasteiger partial charge in [0.15, 0.2) is 5.78 Å². The Bertz CT molecular complexity index is 347. The highest BCUT2D eigenvalue weighted by Crippen LogP contribution is 2.60. The monoisotopic (exact) mass is 302 g/mol. The lowest BCUT2D eigenvalue weighted by molar-refractivity contribution is -0.252. The lowest BCUT2D eigenvalue weighted by Crippen LogP contribution is -2.55. The molecule has 116 valence electrons. The van der Waals surface area contributed by atoms with E-state index in [1.165, 1.54) is 0 Å². The van der Waals surface area contributed by atoms with E-state index in [4.69, 9.17) is 0 Å². The second kappa shape index (κ2) is 4.63. The Hall–Kier alpha value is -0.750. The predicted molar refractivity (Wildman–Crippen MR) is 58.9 cm³/mol. The smallest absolute Gasteiger partial charge is 0.298 e. The van der Waals surface area contributed by atoms with Crippen molar-refractivity contribution in [2.45, 2.75) is 63.7 Å². The van der Waals surface area contributed by atoms with Crippen molar-refractivity contribution >= 4 is 5.78 Å². The zero-order chi connectivity index (χ0) is 15.2. The molecule has 0 saturated heterocycles. The van der Waals surface area contributed by atoms with Crippen LogP contribution in [0.3, 0.4) is 0 Å². The molecule has 20 heavy (non-hydrogen) atoms. The Morgan fingerprint density at radius 3 is 1.10 bits per heavy atom. The maximum atomic E-state index is 13.3. The quantitative estimate of drug-likeness (QED) is 0.670. The molecule has 2 fully saturated rings. The van der Waals surface area contributed by atoms with Gasteiger partial charge in [-0.25, -0.2) is 0 Å². The van der Waals surface area contributed by atoms with E-state index in [0.717, 1.165) is 0 Å². The Morgan fingerprint density at radius 2 is 0.900 bits per heavy atom. The second-order valence-corrected chi connectivity index (χ2v) is 5.90. The molecule has 0 aromatic rings. The van der Waals surface area contributed by atoms with Gasteiger partial charge in [-0.15, -0.1) is 0 Å². The van der Waals surface area contributed by atoms with Crippen molar-refractivity contribution < 1.29 is 31.1 Å². The van der Waals surface area contributed by atoms with Crippen LogP contribution in [-0.2, 0) is 4.79 Å². The summed E-state index contributed by atoms with van der Waals surface area (Å²) >= 11 is 0. The molecule has 0 amide bonds. The van der Waals surface area contributed by atoms with Gasteiger partial charge < -0.3 is 0 Å². The molecule has 0 atom stereocenters. The molecule has 0 bridgehead atoms. The van der Waals surface area contributed by atoms with Crippen molar-refractivity contribution in [3.05, 3.63) is 0 Å². The lowest BCUT2D eigenvalue weighted by atomic mass is 9.66. The molecule has 2 aliphatic rings. The average molecular weight is 302 g/mol. The predicted octanol–water partition coefficient (Wildman–Crippen LogP) is 4.80. The number of carbonyl (C=O) groups excluding carboxylic acids is 1. The summed E-state index contributed by atoms with van der Waals surface area (Å²) in [4.78, 5) is 12.3. The number of alkyl halides is 6. The molecule has 0 radical (unpaired) electrons. The van der Waals surface area contributed by atoms with Crippen LogP contribution in [0.15, 0.2) is 0 Å². The summed E-state index contributed by atoms with van der Waals surface area (Å²) in [5, 5.41) is 0. The number of hydrogen-bond donors (Lipinski definition) is 0. The molecule has 0 spiro atoms. The van der Waals surface area contributed by atoms with E-state index in [2.05, 4.69) is 0 Å². The molecule has 2 rings (SSSR count). The molecule has 2 saturated carbocycles. The van der Waals surface area contributed by atoms with Crippen LogP contribution in [0.2, 0.25) is 0 Å². The minimum absolute atomic E-state index is 0.152. The lowest BCUT2D eigenvalue weighted by Gasteiger charge is -2.39. The van der Waals surface area contributed by atoms with E-state index in [1.54, 1.807) is 0 Å². The summed E-state index contributed by atoms with van der Waals surface area (Å²) in [5.41, 5.74) is -5.57. The van der Waals surface area contributed by atoms with Gasteiger partial charge in [-0.3, -0.25) is 4.79 Å². The van der Waals surface area contributed by atoms with E-state index < -0.39 is 54.6 Å². The highest BCUT2D eigenvalue weighted by atomic mass is 19.4. The van der Waals surface area contributed by atoms with E-state index in [9.17, 15) is 31.1 Å². The first-order valence-corrected chi connectivity index (χ1v) is 6.75. The maximum Gasteiger partial charge on any atom is 0.401 e. The van der Waals surface area contributed by atoms with Gasteiger partial charge in [0.25, 0.3) is 0 Å². The van der Waals surface area contributed by atoms with Gasteiger partial charge in [-0.2, -0.15) is 26.3 Å². The van der Waals surface area contributed by atoms with Crippen molar-refractivity contribution in [2.24, 2.45) is 10.8 Å². The summed E-state index contributed by atoms with van der Waals surface area (Å²) in [6.07, 6.45) is -11.2. The SMILES string of the molecule is O=C(C1(C(F)(F)F)CCCC1)C1(C(F)(F)F)CCCC1. The van der Waals surface area contributed by atoms with E-state index in [1.807, 2.05) is 0 Å². The van der Waals surface area contributed by atoms with Crippen molar-refractivity contribution in [3.8, 4) is 0 Å². The van der Waals surface area contributed by atoms with Gasteiger partial charge in [-0.05, 0) is 25.7 Å². The van der Waals surface area contributed by atoms with Gasteiger partial charge in [0.2, 0.25) is 0 Å². The summed E-state index contributed by atoms with van der Waals surface area (Å²) in [6, 6.07) is 0. The molecule has 0 aliphatic heterocycles. The minimum Gasteiger partial charge on any atom is -0.298 e. The minimum atomic E-state index is -4.90. The van der Waals surface area contributed by atoms with Crippen LogP contribution in [0.4, 0.5) is 26.3 Å². The highest BCUT2D eigenvalue weighted by molar-refractivity contribution is 5.92. The van der Waals surface area contributed by atoms with Crippen molar-refractivity contribution in [1.29, 1.82) is 0 Å². The van der Waals surface area contributed by atoms with Gasteiger partial charge in [0.1, 0.15) is 10.8 Å². The van der Waals surface area contributed by atoms with E-state index in [-0.39, 0.29) is 25.7 Å². The van der Waals surface area contributed by atoms with Crippen molar-refractivity contribution in [3.63, 3.8) is 0 Å². The highest BCUT2D eigenvalue weighted by Gasteiger charge is 2.71. The Balaban J connectivity index is 2.46. The number of ketones is 1. The van der Waals surface area contributed by atoms with Crippen molar-refractivity contribution in [2.75, 3.05) is 0 Å². The third kappa shape index (κ3) is 2.04. The van der Waals surface area contributed by atoms with Gasteiger partial charge >= 0.3 is 12.4 Å². The summed E-state index contributed by atoms with van der Waals surface area (Å²) in [7, 11) is 0. The number of hydrogen-bond acceptors (Lipinski definition) is 1. The fraction of sp³-hybridized carbons (Fsp3) is 0.923. The van der Waals surface area contributed by atoms with Crippen LogP contribution in [-0.4, -0.2) is 18.1 Å². The molecule has 0 heterocycles. The van der Waals surface area contributed by atoms with Crippen LogP contribution in [0.5, 0.6) is 0 Å². The van der Waals surface area contributed by atoms with Crippen LogP contribution in [0.25, 0.3) is 0 Å². The van der Waals surface area contributed by atoms with Crippen molar-refractivity contribution in [1.82, 2.24) is 0 Å². The molecule has 0 aromatic carbocycles. The fourth-order valence-corrected chi connectivity index (χ4v) is 3.69. The van der Waals surface area contributed by atoms with Crippen LogP contribution in [0, 0.1) is 10.8 Å². The molecule has 2 aliphatic carbocycles. The fourth-order valence-electron chi connectivity index (χ4n) is 3.69. The molecule has 1 nitrogen and oxygen atoms in total. The van der Waals surface area contributed by atoms with Crippen LogP contribution < -0.4 is 0 Å². The first-order valence-electron chi connectivity index (χ1n) is 6.75. The number of rotatable bonds is 2. The molecule has 0 N–H and O–H groups in total. The summed E-state index contributed by atoms with van der Waals surface area (Å²) < 4.78 is 79.7. The second-order valence-electron chi connectivity index (χ2n) is 5.90. The third-order valence-corrected chi connectivity index (χ3v) is 4.87. The Labute approximate surface area is 112 Å². The standard InChI is InChI=1S/C13H16F6O/c14-12(15,16)10(5-1-2-6-10)9(20)11(13(17,18)19)7-3-4-8-11/h1-8H2. The van der Waals surface area contributed by atoms with E-state index >= 15 is 0 Å². The normalized spacial score (nSPS) is 25.9. The molecular formula is C13H16F6O. The Kier molecular flexibility index (Phi) is 3.62. The van der Waals surface area contributed by atoms with Gasteiger partial charge in [0, 0.05) is 0 Å². The molecule has 7 heteroatoms. The van der Waals surface area contributed by atoms with Crippen LogP contribution >= 0.6 is 0 Å². The average Bonchev–Trinajstić information content (AvgIpc) is 2.97. The summed E-state index contributed by atoms with van der Waals surface area (Å²) in [6.45, 7) is 0. The number of halogens is 6. The summed E-state index contributed by atoms with van der Waals surface area (Å²) in [5.74, 6) is -1.63. The molecular weight excluding hydrogens is 286 g/mol. The van der Waals surface area contributed by atoms with Gasteiger partial charge in [-0.1, -0.05) is 25.7 Å².